The summed E-state index contributed by atoms with van der Waals surface area (Å²) in [5, 5.41) is 3.78. The Kier molecular flexibility index (Phi) is 5.83. The van der Waals surface area contributed by atoms with Gasteiger partial charge in [0.2, 0.25) is 0 Å². The van der Waals surface area contributed by atoms with Gasteiger partial charge in [-0.3, -0.25) is 0 Å². The minimum Gasteiger partial charge on any atom is -0.382 e. The van der Waals surface area contributed by atoms with Crippen LogP contribution < -0.4 is 11.1 Å². The first-order chi connectivity index (χ1) is 10.0. The molecule has 1 saturated heterocycles. The van der Waals surface area contributed by atoms with Crippen LogP contribution in [0.5, 0.6) is 0 Å². The van der Waals surface area contributed by atoms with E-state index in [0.29, 0.717) is 11.4 Å². The van der Waals surface area contributed by atoms with E-state index in [0.717, 1.165) is 37.7 Å². The molecule has 2 rings (SSSR count). The Morgan fingerprint density at radius 1 is 1.33 bits per heavy atom. The fourth-order valence-corrected chi connectivity index (χ4v) is 5.23. The molecule has 0 atom stereocenters. The largest absolute Gasteiger partial charge is 0.382 e. The van der Waals surface area contributed by atoms with Crippen LogP contribution in [0.25, 0.3) is 0 Å². The van der Waals surface area contributed by atoms with Crippen LogP contribution in [0.2, 0.25) is 0 Å². The van der Waals surface area contributed by atoms with Crippen LogP contribution >= 0.6 is 11.5 Å². The lowest BCUT2D eigenvalue weighted by molar-refractivity contribution is 0.237. The normalized spacial score (nSPS) is 17.0. The summed E-state index contributed by atoms with van der Waals surface area (Å²) < 4.78 is 28.5. The van der Waals surface area contributed by atoms with Gasteiger partial charge in [-0.1, -0.05) is 13.3 Å². The summed E-state index contributed by atoms with van der Waals surface area (Å²) in [5.74, 6) is 0.227. The van der Waals surface area contributed by atoms with E-state index in [1.807, 2.05) is 6.92 Å². The number of sulfone groups is 1. The van der Waals surface area contributed by atoms with E-state index in [1.165, 1.54) is 19.3 Å². The van der Waals surface area contributed by atoms with Crippen LogP contribution in [0.15, 0.2) is 4.90 Å². The highest BCUT2D eigenvalue weighted by molar-refractivity contribution is 7.91. The first-order valence-electron chi connectivity index (χ1n) is 7.48. The first kappa shape index (κ1) is 16.5. The summed E-state index contributed by atoms with van der Waals surface area (Å²) >= 11 is 1.13. The van der Waals surface area contributed by atoms with Crippen molar-refractivity contribution in [3.05, 3.63) is 0 Å². The number of likely N-dealkylation sites (tertiary alicyclic amines) is 1. The fraction of sp³-hybridized carbons (Fsp3) is 0.769. The summed E-state index contributed by atoms with van der Waals surface area (Å²) in [4.78, 5) is 2.59. The van der Waals surface area contributed by atoms with Crippen LogP contribution in [0.1, 0.15) is 32.6 Å². The molecule has 3 N–H and O–H groups in total. The molecule has 1 aromatic heterocycles. The van der Waals surface area contributed by atoms with Crippen molar-refractivity contribution in [3.63, 3.8) is 0 Å². The van der Waals surface area contributed by atoms with Gasteiger partial charge in [-0.15, -0.1) is 0 Å². The SMILES string of the molecule is CCCS(=O)(=O)c1c(N)nsc1NCCN1CCCCC1. The van der Waals surface area contributed by atoms with Gasteiger partial charge in [-0.2, -0.15) is 4.37 Å². The molecule has 1 aliphatic heterocycles. The van der Waals surface area contributed by atoms with Gasteiger partial charge in [0, 0.05) is 13.1 Å². The molecule has 0 saturated carbocycles. The van der Waals surface area contributed by atoms with Gasteiger partial charge in [0.1, 0.15) is 9.90 Å². The molecule has 21 heavy (non-hydrogen) atoms. The molecule has 0 amide bonds. The number of hydrogen-bond acceptors (Lipinski definition) is 7. The molecule has 0 aliphatic carbocycles. The number of piperidine rings is 1. The fourth-order valence-electron chi connectivity index (χ4n) is 2.59. The summed E-state index contributed by atoms with van der Waals surface area (Å²) in [6.07, 6.45) is 4.40. The zero-order chi connectivity index (χ0) is 15.3. The van der Waals surface area contributed by atoms with Gasteiger partial charge < -0.3 is 16.0 Å². The van der Waals surface area contributed by atoms with Crippen LogP contribution in [0.4, 0.5) is 10.8 Å². The van der Waals surface area contributed by atoms with Crippen LogP contribution in [-0.2, 0) is 9.84 Å². The lowest BCUT2D eigenvalue weighted by Crippen LogP contribution is -2.33. The Labute approximate surface area is 130 Å². The topological polar surface area (TPSA) is 88.3 Å². The molecule has 120 valence electrons. The highest BCUT2D eigenvalue weighted by atomic mass is 32.2. The van der Waals surface area contributed by atoms with Crippen molar-refractivity contribution in [2.75, 3.05) is 43.0 Å². The zero-order valence-electron chi connectivity index (χ0n) is 12.5. The quantitative estimate of drug-likeness (QED) is 0.791. The minimum absolute atomic E-state index is 0.108. The lowest BCUT2D eigenvalue weighted by Gasteiger charge is -2.26. The van der Waals surface area contributed by atoms with Gasteiger partial charge in [-0.05, 0) is 43.9 Å². The molecule has 1 fully saturated rings. The molecule has 6 nitrogen and oxygen atoms in total. The Bertz CT molecular complexity index is 551. The van der Waals surface area contributed by atoms with E-state index in [-0.39, 0.29) is 16.5 Å². The maximum Gasteiger partial charge on any atom is 0.185 e. The molecule has 0 aromatic carbocycles. The number of nitrogens with one attached hydrogen (secondary N) is 1. The van der Waals surface area contributed by atoms with Crippen molar-refractivity contribution in [3.8, 4) is 0 Å². The third-order valence-electron chi connectivity index (χ3n) is 3.62. The summed E-state index contributed by atoms with van der Waals surface area (Å²) in [6.45, 7) is 5.75. The van der Waals surface area contributed by atoms with Gasteiger partial charge in [0.05, 0.1) is 5.75 Å². The Hall–Kier alpha value is -0.860. The predicted octanol–water partition coefficient (Wildman–Crippen LogP) is 1.81. The molecule has 0 bridgehead atoms. The standard InChI is InChI=1S/C13H24N4O2S2/c1-2-10-21(18,19)11-12(14)16-20-13(11)15-6-9-17-7-4-3-5-8-17/h15H,2-10H2,1H3,(H2,14,16). The number of rotatable bonds is 7. The van der Waals surface area contributed by atoms with E-state index in [4.69, 9.17) is 5.73 Å². The van der Waals surface area contributed by atoms with Crippen molar-refractivity contribution in [2.45, 2.75) is 37.5 Å². The molecular formula is C13H24N4O2S2. The number of hydrogen-bond donors (Lipinski definition) is 2. The molecule has 1 aromatic rings. The number of nitrogens with two attached hydrogens (primary N) is 1. The second-order valence-electron chi connectivity index (χ2n) is 5.37. The Morgan fingerprint density at radius 2 is 2.05 bits per heavy atom. The zero-order valence-corrected chi connectivity index (χ0v) is 14.1. The number of nitrogen functional groups attached to an aromatic ring is 1. The van der Waals surface area contributed by atoms with Gasteiger partial charge in [0.15, 0.2) is 15.7 Å². The second-order valence-corrected chi connectivity index (χ2v) is 8.19. The smallest absolute Gasteiger partial charge is 0.185 e. The monoisotopic (exact) mass is 332 g/mol. The van der Waals surface area contributed by atoms with Crippen molar-refractivity contribution >= 4 is 32.2 Å². The Balaban J connectivity index is 1.97. The van der Waals surface area contributed by atoms with E-state index in [1.54, 1.807) is 0 Å². The van der Waals surface area contributed by atoms with Gasteiger partial charge in [-0.25, -0.2) is 8.42 Å². The van der Waals surface area contributed by atoms with Crippen molar-refractivity contribution in [1.82, 2.24) is 9.27 Å². The van der Waals surface area contributed by atoms with E-state index in [2.05, 4.69) is 14.6 Å². The molecule has 2 heterocycles. The maximum absolute atomic E-state index is 12.2. The highest BCUT2D eigenvalue weighted by Gasteiger charge is 2.24. The van der Waals surface area contributed by atoms with Crippen LogP contribution in [0, 0.1) is 0 Å². The van der Waals surface area contributed by atoms with Crippen molar-refractivity contribution < 1.29 is 8.42 Å². The average Bonchev–Trinajstić information content (AvgIpc) is 2.82. The Morgan fingerprint density at radius 3 is 2.71 bits per heavy atom. The predicted molar refractivity (Wildman–Crippen MR) is 87.7 cm³/mol. The number of aromatic nitrogens is 1. The minimum atomic E-state index is -3.34. The highest BCUT2D eigenvalue weighted by Crippen LogP contribution is 2.32. The first-order valence-corrected chi connectivity index (χ1v) is 9.91. The molecule has 0 unspecified atom stereocenters. The van der Waals surface area contributed by atoms with Crippen molar-refractivity contribution in [1.29, 1.82) is 0 Å². The van der Waals surface area contributed by atoms with E-state index < -0.39 is 9.84 Å². The number of anilines is 2. The molecule has 8 heteroatoms. The third-order valence-corrected chi connectivity index (χ3v) is 6.55. The second kappa shape index (κ2) is 7.42. The lowest BCUT2D eigenvalue weighted by atomic mass is 10.1. The summed E-state index contributed by atoms with van der Waals surface area (Å²) in [6, 6.07) is 0. The molecule has 0 spiro atoms. The molecule has 0 radical (unpaired) electrons. The summed E-state index contributed by atoms with van der Waals surface area (Å²) in [7, 11) is -3.34. The van der Waals surface area contributed by atoms with Crippen molar-refractivity contribution in [2.24, 2.45) is 0 Å². The molecular weight excluding hydrogens is 308 g/mol. The maximum atomic E-state index is 12.2. The van der Waals surface area contributed by atoms with Crippen LogP contribution in [-0.4, -0.2) is 49.6 Å². The van der Waals surface area contributed by atoms with Gasteiger partial charge >= 0.3 is 0 Å². The molecule has 1 aliphatic rings. The third kappa shape index (κ3) is 4.31. The number of nitrogens with zero attached hydrogens (tertiary/aromatic N) is 2. The average molecular weight is 332 g/mol. The van der Waals surface area contributed by atoms with E-state index >= 15 is 0 Å². The van der Waals surface area contributed by atoms with Crippen LogP contribution in [0.3, 0.4) is 0 Å². The summed E-state index contributed by atoms with van der Waals surface area (Å²) in [5.41, 5.74) is 5.74. The van der Waals surface area contributed by atoms with Gasteiger partial charge in [0.25, 0.3) is 0 Å². The van der Waals surface area contributed by atoms with E-state index in [9.17, 15) is 8.42 Å².